The summed E-state index contributed by atoms with van der Waals surface area (Å²) in [5.41, 5.74) is 17.1. The Bertz CT molecular complexity index is 2380. The molecule has 4 aromatic carbocycles. The Labute approximate surface area is 349 Å². The Hall–Kier alpha value is -2.82. The molecule has 2 atom stereocenters. The zero-order valence-electron chi connectivity index (χ0n) is 31.7. The van der Waals surface area contributed by atoms with Crippen LogP contribution in [0.3, 0.4) is 0 Å². The van der Waals surface area contributed by atoms with E-state index in [1.807, 2.05) is 38.1 Å². The van der Waals surface area contributed by atoms with Crippen LogP contribution in [0.1, 0.15) is 74.8 Å². The molecule has 6 aromatic rings. The zero-order chi connectivity index (χ0) is 36.6. The number of halogens is 4. The van der Waals surface area contributed by atoms with Crippen LogP contribution in [-0.2, 0) is 20.4 Å². The van der Waals surface area contributed by atoms with Gasteiger partial charge < -0.3 is 24.8 Å². The molecule has 0 saturated heterocycles. The first-order chi connectivity index (χ1) is 24.9. The van der Waals surface area contributed by atoms with Crippen LogP contribution >= 0.6 is 23.2 Å². The van der Waals surface area contributed by atoms with Gasteiger partial charge in [-0.3, -0.25) is 0 Å². The molecule has 0 fully saturated rings. The van der Waals surface area contributed by atoms with Crippen LogP contribution < -0.4 is 24.8 Å². The quantitative estimate of drug-likeness (QED) is 0.158. The van der Waals surface area contributed by atoms with Gasteiger partial charge in [-0.2, -0.15) is 0 Å². The van der Waals surface area contributed by atoms with Crippen molar-refractivity contribution in [3.05, 3.63) is 163 Å². The summed E-state index contributed by atoms with van der Waals surface area (Å²) in [7, 11) is 0. The van der Waals surface area contributed by atoms with Crippen LogP contribution in [0, 0.1) is 41.5 Å². The van der Waals surface area contributed by atoms with Crippen molar-refractivity contribution in [2.45, 2.75) is 61.9 Å². The van der Waals surface area contributed by atoms with Crippen molar-refractivity contribution < 1.29 is 54.0 Å². The first-order valence-electron chi connectivity index (χ1n) is 18.0. The Balaban J connectivity index is 0.00000249. The molecule has 0 amide bonds. The Morgan fingerprint density at radius 3 is 1.28 bits per heavy atom. The standard InChI is InChI=1S/2C22H18ClO.C2H6Si.2ClH.Zr/c2*1-13-10-16-11-17(21-9-8-14(2)24-21)12-19(16)22(15(13)3)18-6-4-5-7-20(18)23;1-3-2;;;/h2*4-12H,1-3H3;1-2H3;2*1H;/q;;;;;+2/p-2. The fourth-order valence-corrected chi connectivity index (χ4v) is 28.8. The van der Waals surface area contributed by atoms with Crippen molar-refractivity contribution in [3.63, 3.8) is 0 Å². The second-order valence-corrected chi connectivity index (χ2v) is 33.4. The largest absolute Gasteiger partial charge is 1.00 e. The number of allylic oxidation sites excluding steroid dienone is 2. The molecule has 2 aromatic heterocycles. The number of aryl methyl sites for hydroxylation is 4. The van der Waals surface area contributed by atoms with Gasteiger partial charge in [-0.15, -0.1) is 0 Å². The molecule has 0 bridgehead atoms. The second-order valence-electron chi connectivity index (χ2n) is 14.7. The number of fused-ring (bicyclic) bond motifs is 2. The summed E-state index contributed by atoms with van der Waals surface area (Å²) in [6.45, 7) is 18.2. The predicted molar refractivity (Wildman–Crippen MR) is 218 cm³/mol. The van der Waals surface area contributed by atoms with Crippen molar-refractivity contribution in [2.24, 2.45) is 0 Å². The molecule has 2 nitrogen and oxygen atoms in total. The minimum atomic E-state index is -2.75. The molecule has 274 valence electrons. The van der Waals surface area contributed by atoms with Crippen LogP contribution in [0.5, 0.6) is 0 Å². The van der Waals surface area contributed by atoms with E-state index in [1.54, 1.807) is 0 Å². The van der Waals surface area contributed by atoms with E-state index in [1.165, 1.54) is 66.8 Å². The average molecular weight is 888 g/mol. The van der Waals surface area contributed by atoms with Crippen molar-refractivity contribution in [2.75, 3.05) is 0 Å². The van der Waals surface area contributed by atoms with Crippen molar-refractivity contribution >= 4 is 51.9 Å². The third-order valence-electron chi connectivity index (χ3n) is 11.2. The fourth-order valence-electron chi connectivity index (χ4n) is 8.57. The maximum absolute atomic E-state index is 6.99. The average Bonchev–Trinajstić information content (AvgIpc) is 3.90. The molecule has 2 aliphatic carbocycles. The van der Waals surface area contributed by atoms with E-state index >= 15 is 0 Å². The van der Waals surface area contributed by atoms with Crippen LogP contribution in [0.2, 0.25) is 23.1 Å². The molecule has 0 N–H and O–H groups in total. The summed E-state index contributed by atoms with van der Waals surface area (Å²) >= 11 is 11.2. The molecule has 8 rings (SSSR count). The number of furan rings is 2. The maximum Gasteiger partial charge on any atom is -1.00 e. The van der Waals surface area contributed by atoms with Crippen molar-refractivity contribution in [3.8, 4) is 22.3 Å². The van der Waals surface area contributed by atoms with Crippen LogP contribution in [0.4, 0.5) is 0 Å². The maximum atomic E-state index is 6.99. The minimum Gasteiger partial charge on any atom is -1.00 e. The van der Waals surface area contributed by atoms with Gasteiger partial charge in [0.15, 0.2) is 0 Å². The van der Waals surface area contributed by atoms with Gasteiger partial charge in [-0.1, -0.05) is 0 Å². The summed E-state index contributed by atoms with van der Waals surface area (Å²) in [4.78, 5) is 0. The normalized spacial score (nSPS) is 15.4. The zero-order valence-corrected chi connectivity index (χ0v) is 38.2. The van der Waals surface area contributed by atoms with E-state index in [0.29, 0.717) is 0 Å². The van der Waals surface area contributed by atoms with Gasteiger partial charge in [-0.05, 0) is 0 Å². The molecule has 54 heavy (non-hydrogen) atoms. The van der Waals surface area contributed by atoms with Gasteiger partial charge in [0.05, 0.1) is 0 Å². The van der Waals surface area contributed by atoms with E-state index in [4.69, 9.17) is 32.0 Å². The van der Waals surface area contributed by atoms with E-state index in [2.05, 4.69) is 114 Å². The number of rotatable bonds is 6. The molecule has 0 radical (unpaired) electrons. The van der Waals surface area contributed by atoms with Crippen molar-refractivity contribution in [1.82, 2.24) is 0 Å². The Morgan fingerprint density at radius 1 is 0.556 bits per heavy atom. The molecule has 0 spiro atoms. The van der Waals surface area contributed by atoms with Gasteiger partial charge in [-0.25, -0.2) is 0 Å². The Morgan fingerprint density at radius 2 is 0.944 bits per heavy atom. The molecular weight excluding hydrogens is 846 g/mol. The van der Waals surface area contributed by atoms with Gasteiger partial charge >= 0.3 is 328 Å². The van der Waals surface area contributed by atoms with Gasteiger partial charge in [0.1, 0.15) is 0 Å². The smallest absolute Gasteiger partial charge is 1.00 e. The molecular formula is C46H42Cl4O2SiZr. The topological polar surface area (TPSA) is 26.3 Å². The molecule has 2 aliphatic rings. The monoisotopic (exact) mass is 884 g/mol. The van der Waals surface area contributed by atoms with Crippen LogP contribution in [0.15, 0.2) is 93.8 Å². The summed E-state index contributed by atoms with van der Waals surface area (Å²) < 4.78 is 13.7. The first kappa shape index (κ1) is 40.8. The molecule has 0 aliphatic heterocycles. The van der Waals surface area contributed by atoms with E-state index in [9.17, 15) is 0 Å². The summed E-state index contributed by atoms with van der Waals surface area (Å²) in [5, 5.41) is 1.56. The summed E-state index contributed by atoms with van der Waals surface area (Å²) in [5.74, 6) is 3.83. The van der Waals surface area contributed by atoms with E-state index in [-0.39, 0.29) is 32.1 Å². The third-order valence-corrected chi connectivity index (χ3v) is 31.1. The molecule has 2 heterocycles. The SMILES string of the molecule is Cc1ccc(C2=Cc3c(cc(C)c(C)c3-c3ccccc3Cl)[CH]2[Zr+2]([CH]2C(c3ccc(C)o3)=Cc3c2cc(C)c(C)c3-c2ccccc2Cl)=[Si](C)C)o1.[Cl-].[Cl-]. The number of benzene rings is 4. The van der Waals surface area contributed by atoms with Gasteiger partial charge in [0.25, 0.3) is 0 Å². The van der Waals surface area contributed by atoms with Gasteiger partial charge in [0, 0.05) is 0 Å². The fraction of sp³-hybridized carbons (Fsp3) is 0.217. The summed E-state index contributed by atoms with van der Waals surface area (Å²) in [6.07, 6.45) is 4.92. The van der Waals surface area contributed by atoms with Crippen LogP contribution in [0.25, 0.3) is 45.6 Å². The first-order valence-corrected chi connectivity index (χ1v) is 27.7. The molecule has 8 heteroatoms. The summed E-state index contributed by atoms with van der Waals surface area (Å²) in [6, 6.07) is 30.2. The van der Waals surface area contributed by atoms with Crippen molar-refractivity contribution in [1.29, 1.82) is 0 Å². The second kappa shape index (κ2) is 16.0. The molecule has 2 unspecified atom stereocenters. The predicted octanol–water partition coefficient (Wildman–Crippen LogP) is 8.13. The third kappa shape index (κ3) is 6.84. The minimum absolute atomic E-state index is 0. The van der Waals surface area contributed by atoms with Gasteiger partial charge in [0.2, 0.25) is 0 Å². The Kier molecular flexibility index (Phi) is 12.1. The number of hydrogen-bond acceptors (Lipinski definition) is 2. The van der Waals surface area contributed by atoms with E-state index in [0.717, 1.165) is 44.2 Å². The molecule has 0 saturated carbocycles. The van der Waals surface area contributed by atoms with Crippen LogP contribution in [-0.4, -0.2) is 5.43 Å². The van der Waals surface area contributed by atoms with E-state index < -0.39 is 25.8 Å². The number of hydrogen-bond donors (Lipinski definition) is 0.